The van der Waals surface area contributed by atoms with E-state index in [9.17, 15) is 10.1 Å². The molecule has 1 atom stereocenters. The molecule has 2 aliphatic heterocycles. The third-order valence-electron chi connectivity index (χ3n) is 4.27. The first-order valence-electron chi connectivity index (χ1n) is 7.46. The van der Waals surface area contributed by atoms with E-state index in [4.69, 9.17) is 14.6 Å². The number of rotatable bonds is 4. The van der Waals surface area contributed by atoms with E-state index in [0.29, 0.717) is 50.6 Å². The second kappa shape index (κ2) is 5.73. The molecule has 3 rings (SSSR count). The number of fused-ring (bicyclic) bond motifs is 1. The third kappa shape index (κ3) is 2.74. The number of hydrogen-bond acceptors (Lipinski definition) is 6. The number of aliphatic hydroxyl groups is 1. The number of morpholine rings is 1. The van der Waals surface area contributed by atoms with Crippen molar-refractivity contribution in [3.8, 4) is 5.75 Å². The number of hydrogen-bond donors (Lipinski definition) is 1. The lowest BCUT2D eigenvalue weighted by atomic mass is 9.96. The molecular formula is C15H20N2O5. The molecule has 0 bridgehead atoms. The largest absolute Gasteiger partial charge is 0.487 e. The fourth-order valence-electron chi connectivity index (χ4n) is 3.12. The molecule has 0 spiro atoms. The number of aliphatic hydroxyl groups excluding tert-OH is 1. The van der Waals surface area contributed by atoms with Crippen LogP contribution in [0.25, 0.3) is 0 Å². The lowest BCUT2D eigenvalue weighted by Gasteiger charge is -2.28. The number of benzene rings is 1. The highest BCUT2D eigenvalue weighted by atomic mass is 16.6. The number of nitrogens with zero attached hydrogens (tertiary/aromatic N) is 2. The van der Waals surface area contributed by atoms with Gasteiger partial charge in [0.05, 0.1) is 18.1 Å². The Labute approximate surface area is 128 Å². The smallest absolute Gasteiger partial charge is 0.293 e. The highest BCUT2D eigenvalue weighted by Gasteiger charge is 2.37. The van der Waals surface area contributed by atoms with Crippen LogP contribution in [0.2, 0.25) is 0 Å². The topological polar surface area (TPSA) is 85.1 Å². The summed E-state index contributed by atoms with van der Waals surface area (Å²) in [5, 5.41) is 20.6. The van der Waals surface area contributed by atoms with Gasteiger partial charge in [-0.1, -0.05) is 0 Å². The van der Waals surface area contributed by atoms with E-state index < -0.39 is 5.60 Å². The molecule has 120 valence electrons. The van der Waals surface area contributed by atoms with Crippen molar-refractivity contribution in [1.82, 2.24) is 0 Å². The summed E-state index contributed by atoms with van der Waals surface area (Å²) in [6.07, 6.45) is 1.08. The summed E-state index contributed by atoms with van der Waals surface area (Å²) in [6, 6.07) is 3.38. The molecular weight excluding hydrogens is 288 g/mol. The number of nitro groups is 1. The minimum atomic E-state index is -0.491. The first-order chi connectivity index (χ1) is 10.5. The third-order valence-corrected chi connectivity index (χ3v) is 4.27. The van der Waals surface area contributed by atoms with Gasteiger partial charge < -0.3 is 19.5 Å². The molecule has 1 fully saturated rings. The van der Waals surface area contributed by atoms with Crippen LogP contribution in [-0.2, 0) is 11.2 Å². The van der Waals surface area contributed by atoms with Gasteiger partial charge in [0, 0.05) is 50.2 Å². The van der Waals surface area contributed by atoms with E-state index in [0.717, 1.165) is 5.56 Å². The van der Waals surface area contributed by atoms with Crippen LogP contribution in [0.1, 0.15) is 18.9 Å². The Morgan fingerprint density at radius 2 is 2.14 bits per heavy atom. The van der Waals surface area contributed by atoms with Crippen molar-refractivity contribution in [1.29, 1.82) is 0 Å². The van der Waals surface area contributed by atoms with E-state index >= 15 is 0 Å². The Balaban J connectivity index is 1.96. The van der Waals surface area contributed by atoms with E-state index in [2.05, 4.69) is 0 Å². The molecule has 7 heteroatoms. The maximum Gasteiger partial charge on any atom is 0.293 e. The summed E-state index contributed by atoms with van der Waals surface area (Å²) in [4.78, 5) is 13.0. The quantitative estimate of drug-likeness (QED) is 0.670. The molecule has 2 heterocycles. The fourth-order valence-corrected chi connectivity index (χ4v) is 3.12. The fraction of sp³-hybridized carbons (Fsp3) is 0.600. The average molecular weight is 308 g/mol. The van der Waals surface area contributed by atoms with E-state index in [1.54, 1.807) is 12.1 Å². The zero-order valence-electron chi connectivity index (χ0n) is 12.6. The molecule has 0 aromatic heterocycles. The summed E-state index contributed by atoms with van der Waals surface area (Å²) in [7, 11) is 0. The van der Waals surface area contributed by atoms with Gasteiger partial charge >= 0.3 is 0 Å². The Kier molecular flexibility index (Phi) is 3.92. The summed E-state index contributed by atoms with van der Waals surface area (Å²) in [5.41, 5.74) is 1.03. The maximum atomic E-state index is 11.4. The van der Waals surface area contributed by atoms with Crippen molar-refractivity contribution >= 4 is 11.4 Å². The van der Waals surface area contributed by atoms with Gasteiger partial charge in [-0.15, -0.1) is 0 Å². The van der Waals surface area contributed by atoms with Gasteiger partial charge in [-0.3, -0.25) is 10.1 Å². The van der Waals surface area contributed by atoms with Gasteiger partial charge in [-0.2, -0.15) is 0 Å². The van der Waals surface area contributed by atoms with Crippen LogP contribution in [0.3, 0.4) is 0 Å². The molecule has 22 heavy (non-hydrogen) atoms. The standard InChI is InChI=1S/C15H20N2O5/c1-15(2-5-18)10-11-8-13(17(19)20)12(9-14(11)22-15)16-3-6-21-7-4-16/h8-9,18H,2-7,10H2,1H3. The normalized spacial score (nSPS) is 24.0. The molecule has 0 aliphatic carbocycles. The van der Waals surface area contributed by atoms with Gasteiger partial charge in [0.15, 0.2) is 0 Å². The van der Waals surface area contributed by atoms with E-state index in [-0.39, 0.29) is 17.2 Å². The zero-order chi connectivity index (χ0) is 15.7. The highest BCUT2D eigenvalue weighted by molar-refractivity contribution is 5.69. The van der Waals surface area contributed by atoms with E-state index in [1.165, 1.54) is 0 Å². The minimum absolute atomic E-state index is 0.0307. The molecule has 2 aliphatic rings. The number of nitro benzene ring substituents is 1. The molecule has 0 saturated carbocycles. The lowest BCUT2D eigenvalue weighted by Crippen LogP contribution is -2.36. The van der Waals surface area contributed by atoms with Crippen molar-refractivity contribution in [3.05, 3.63) is 27.8 Å². The maximum absolute atomic E-state index is 11.4. The second-order valence-electron chi connectivity index (χ2n) is 6.01. The summed E-state index contributed by atoms with van der Waals surface area (Å²) < 4.78 is 11.3. The first kappa shape index (κ1) is 15.1. The minimum Gasteiger partial charge on any atom is -0.487 e. The predicted molar refractivity (Wildman–Crippen MR) is 80.6 cm³/mol. The summed E-state index contributed by atoms with van der Waals surface area (Å²) in [6.45, 7) is 4.35. The number of ether oxygens (including phenoxy) is 2. The first-order valence-corrected chi connectivity index (χ1v) is 7.46. The summed E-state index contributed by atoms with van der Waals surface area (Å²) >= 11 is 0. The van der Waals surface area contributed by atoms with E-state index in [1.807, 2.05) is 11.8 Å². The van der Waals surface area contributed by atoms with Crippen LogP contribution >= 0.6 is 0 Å². The van der Waals surface area contributed by atoms with Gasteiger partial charge in [0.2, 0.25) is 0 Å². The Hall–Kier alpha value is -1.86. The zero-order valence-corrected chi connectivity index (χ0v) is 12.6. The Bertz CT molecular complexity index is 586. The molecule has 1 aromatic rings. The molecule has 1 unspecified atom stereocenters. The van der Waals surface area contributed by atoms with Gasteiger partial charge in [-0.05, 0) is 6.92 Å². The van der Waals surface area contributed by atoms with Crippen molar-refractivity contribution in [3.63, 3.8) is 0 Å². The monoisotopic (exact) mass is 308 g/mol. The highest BCUT2D eigenvalue weighted by Crippen LogP contribution is 2.43. The molecule has 7 nitrogen and oxygen atoms in total. The van der Waals surface area contributed by atoms with Crippen molar-refractivity contribution < 1.29 is 19.5 Å². The van der Waals surface area contributed by atoms with Crippen LogP contribution in [0.4, 0.5) is 11.4 Å². The SMILES string of the molecule is CC1(CCO)Cc2cc([N+](=O)[O-])c(N3CCOCC3)cc2O1. The lowest BCUT2D eigenvalue weighted by molar-refractivity contribution is -0.384. The van der Waals surface area contributed by atoms with Crippen LogP contribution in [-0.4, -0.2) is 48.5 Å². The Morgan fingerprint density at radius 1 is 1.41 bits per heavy atom. The average Bonchev–Trinajstić information content (AvgIpc) is 2.82. The van der Waals surface area contributed by atoms with Crippen molar-refractivity contribution in [2.24, 2.45) is 0 Å². The van der Waals surface area contributed by atoms with Crippen molar-refractivity contribution in [2.75, 3.05) is 37.8 Å². The second-order valence-corrected chi connectivity index (χ2v) is 6.01. The van der Waals surface area contributed by atoms with Crippen LogP contribution in [0.15, 0.2) is 12.1 Å². The predicted octanol–water partition coefficient (Wildman–Crippen LogP) is 1.51. The van der Waals surface area contributed by atoms with Crippen LogP contribution in [0, 0.1) is 10.1 Å². The van der Waals surface area contributed by atoms with Gasteiger partial charge in [0.25, 0.3) is 5.69 Å². The molecule has 0 radical (unpaired) electrons. The molecule has 1 saturated heterocycles. The van der Waals surface area contributed by atoms with Crippen molar-refractivity contribution in [2.45, 2.75) is 25.4 Å². The van der Waals surface area contributed by atoms with Gasteiger partial charge in [0.1, 0.15) is 17.0 Å². The van der Waals surface area contributed by atoms with Crippen LogP contribution < -0.4 is 9.64 Å². The number of anilines is 1. The van der Waals surface area contributed by atoms with Gasteiger partial charge in [-0.25, -0.2) is 0 Å². The molecule has 0 amide bonds. The van der Waals surface area contributed by atoms with Crippen LogP contribution in [0.5, 0.6) is 5.75 Å². The molecule has 1 N–H and O–H groups in total. The Morgan fingerprint density at radius 3 is 2.77 bits per heavy atom. The summed E-state index contributed by atoms with van der Waals surface area (Å²) in [5.74, 6) is 0.683. The molecule has 1 aromatic carbocycles.